The molecule has 2 aromatic carbocycles. The van der Waals surface area contributed by atoms with E-state index in [0.29, 0.717) is 12.2 Å². The third-order valence-corrected chi connectivity index (χ3v) is 3.52. The van der Waals surface area contributed by atoms with Gasteiger partial charge in [0.25, 0.3) is 5.91 Å². The number of hydrogen-bond acceptors (Lipinski definition) is 2. The fourth-order valence-corrected chi connectivity index (χ4v) is 2.40. The van der Waals surface area contributed by atoms with Crippen molar-refractivity contribution in [3.8, 4) is 0 Å². The van der Waals surface area contributed by atoms with Gasteiger partial charge in [-0.3, -0.25) is 4.79 Å². The molecule has 1 unspecified atom stereocenters. The van der Waals surface area contributed by atoms with E-state index in [4.69, 9.17) is 5.73 Å². The van der Waals surface area contributed by atoms with Crippen LogP contribution in [0.25, 0.3) is 10.9 Å². The van der Waals surface area contributed by atoms with Crippen molar-refractivity contribution in [2.75, 3.05) is 6.54 Å². The zero-order chi connectivity index (χ0) is 14.7. The summed E-state index contributed by atoms with van der Waals surface area (Å²) in [5.41, 5.74) is 8.28. The molecule has 0 saturated carbocycles. The molecule has 0 fully saturated rings. The normalized spacial score (nSPS) is 12.2. The van der Waals surface area contributed by atoms with Crippen LogP contribution in [-0.4, -0.2) is 17.4 Å². The SMILES string of the molecule is NCC(NC(=O)c1cc2ccccc2[nH]1)c1ccccc1. The van der Waals surface area contributed by atoms with Crippen LogP contribution in [0.1, 0.15) is 22.1 Å². The lowest BCUT2D eigenvalue weighted by Gasteiger charge is -2.16. The third kappa shape index (κ3) is 2.80. The summed E-state index contributed by atoms with van der Waals surface area (Å²) in [6, 6.07) is 19.2. The molecule has 1 amide bonds. The van der Waals surface area contributed by atoms with Crippen LogP contribution in [0.2, 0.25) is 0 Å². The largest absolute Gasteiger partial charge is 0.351 e. The molecule has 0 saturated heterocycles. The molecule has 4 nitrogen and oxygen atoms in total. The molecule has 0 aliphatic carbocycles. The maximum absolute atomic E-state index is 12.4. The Bertz CT molecular complexity index is 716. The summed E-state index contributed by atoms with van der Waals surface area (Å²) in [5, 5.41) is 3.99. The second-order valence-electron chi connectivity index (χ2n) is 4.94. The predicted molar refractivity (Wildman–Crippen MR) is 84.0 cm³/mol. The molecule has 0 bridgehead atoms. The number of rotatable bonds is 4. The molecule has 21 heavy (non-hydrogen) atoms. The lowest BCUT2D eigenvalue weighted by atomic mass is 10.1. The molecule has 3 aromatic rings. The van der Waals surface area contributed by atoms with E-state index in [-0.39, 0.29) is 11.9 Å². The van der Waals surface area contributed by atoms with Crippen LogP contribution in [0.3, 0.4) is 0 Å². The topological polar surface area (TPSA) is 70.9 Å². The lowest BCUT2D eigenvalue weighted by molar-refractivity contribution is 0.0933. The molecule has 1 aromatic heterocycles. The van der Waals surface area contributed by atoms with Crippen LogP contribution >= 0.6 is 0 Å². The molecule has 0 aliphatic heterocycles. The summed E-state index contributed by atoms with van der Waals surface area (Å²) >= 11 is 0. The average molecular weight is 279 g/mol. The number of carbonyl (C=O) groups is 1. The molecule has 106 valence electrons. The number of para-hydroxylation sites is 1. The van der Waals surface area contributed by atoms with E-state index in [1.54, 1.807) is 0 Å². The summed E-state index contributed by atoms with van der Waals surface area (Å²) in [6.07, 6.45) is 0. The third-order valence-electron chi connectivity index (χ3n) is 3.52. The Morgan fingerprint density at radius 1 is 1.10 bits per heavy atom. The van der Waals surface area contributed by atoms with Crippen molar-refractivity contribution in [2.24, 2.45) is 5.73 Å². The van der Waals surface area contributed by atoms with Gasteiger partial charge >= 0.3 is 0 Å². The monoisotopic (exact) mass is 279 g/mol. The Balaban J connectivity index is 1.81. The number of amides is 1. The summed E-state index contributed by atoms with van der Waals surface area (Å²) in [4.78, 5) is 15.5. The quantitative estimate of drug-likeness (QED) is 0.687. The Kier molecular flexibility index (Phi) is 3.71. The van der Waals surface area contributed by atoms with E-state index in [2.05, 4.69) is 10.3 Å². The van der Waals surface area contributed by atoms with Crippen molar-refractivity contribution in [2.45, 2.75) is 6.04 Å². The predicted octanol–water partition coefficient (Wildman–Crippen LogP) is 2.60. The van der Waals surface area contributed by atoms with Gasteiger partial charge in [-0.1, -0.05) is 48.5 Å². The number of carbonyl (C=O) groups excluding carboxylic acids is 1. The summed E-state index contributed by atoms with van der Waals surface area (Å²) in [6.45, 7) is 0.357. The minimum Gasteiger partial charge on any atom is -0.351 e. The number of nitrogens with one attached hydrogen (secondary N) is 2. The zero-order valence-corrected chi connectivity index (χ0v) is 11.5. The zero-order valence-electron chi connectivity index (χ0n) is 11.5. The van der Waals surface area contributed by atoms with Crippen molar-refractivity contribution in [3.05, 3.63) is 71.9 Å². The highest BCUT2D eigenvalue weighted by molar-refractivity contribution is 5.98. The number of aromatic nitrogens is 1. The first-order valence-electron chi connectivity index (χ1n) is 6.91. The first kappa shape index (κ1) is 13.4. The van der Waals surface area contributed by atoms with Gasteiger partial charge in [0, 0.05) is 17.4 Å². The van der Waals surface area contributed by atoms with Gasteiger partial charge in [-0.2, -0.15) is 0 Å². The standard InChI is InChI=1S/C17H17N3O/c18-11-16(12-6-2-1-3-7-12)20-17(21)15-10-13-8-4-5-9-14(13)19-15/h1-10,16,19H,11,18H2,(H,20,21). The van der Waals surface area contributed by atoms with Crippen molar-refractivity contribution >= 4 is 16.8 Å². The van der Waals surface area contributed by atoms with E-state index in [1.807, 2.05) is 60.7 Å². The number of H-pyrrole nitrogens is 1. The van der Waals surface area contributed by atoms with Crippen molar-refractivity contribution < 1.29 is 4.79 Å². The first-order chi connectivity index (χ1) is 10.3. The first-order valence-corrected chi connectivity index (χ1v) is 6.91. The minimum atomic E-state index is -0.190. The smallest absolute Gasteiger partial charge is 0.268 e. The number of benzene rings is 2. The van der Waals surface area contributed by atoms with Gasteiger partial charge < -0.3 is 16.0 Å². The van der Waals surface area contributed by atoms with Crippen LogP contribution in [0, 0.1) is 0 Å². The molecular weight excluding hydrogens is 262 g/mol. The molecule has 3 rings (SSSR count). The highest BCUT2D eigenvalue weighted by Crippen LogP contribution is 2.16. The van der Waals surface area contributed by atoms with Gasteiger partial charge in [0.15, 0.2) is 0 Å². The van der Waals surface area contributed by atoms with E-state index in [1.165, 1.54) is 0 Å². The number of nitrogens with two attached hydrogens (primary N) is 1. The van der Waals surface area contributed by atoms with Gasteiger partial charge in [0.2, 0.25) is 0 Å². The van der Waals surface area contributed by atoms with Gasteiger partial charge in [0.1, 0.15) is 5.69 Å². The minimum absolute atomic E-state index is 0.148. The van der Waals surface area contributed by atoms with Crippen molar-refractivity contribution in [1.82, 2.24) is 10.3 Å². The number of hydrogen-bond donors (Lipinski definition) is 3. The number of aromatic amines is 1. The maximum atomic E-state index is 12.4. The molecule has 4 N–H and O–H groups in total. The fraction of sp³-hybridized carbons (Fsp3) is 0.118. The Morgan fingerprint density at radius 3 is 2.52 bits per heavy atom. The molecule has 1 atom stereocenters. The van der Waals surface area contributed by atoms with Crippen molar-refractivity contribution in [1.29, 1.82) is 0 Å². The highest BCUT2D eigenvalue weighted by Gasteiger charge is 2.15. The molecule has 4 heteroatoms. The summed E-state index contributed by atoms with van der Waals surface area (Å²) in [5.74, 6) is -0.148. The average Bonchev–Trinajstić information content (AvgIpc) is 2.97. The van der Waals surface area contributed by atoms with Gasteiger partial charge in [-0.05, 0) is 17.7 Å². The van der Waals surface area contributed by atoms with E-state index >= 15 is 0 Å². The molecule has 0 spiro atoms. The van der Waals surface area contributed by atoms with E-state index < -0.39 is 0 Å². The number of fused-ring (bicyclic) bond motifs is 1. The Hall–Kier alpha value is -2.59. The maximum Gasteiger partial charge on any atom is 0.268 e. The van der Waals surface area contributed by atoms with E-state index in [9.17, 15) is 4.79 Å². The van der Waals surface area contributed by atoms with Gasteiger partial charge in [0.05, 0.1) is 6.04 Å². The summed E-state index contributed by atoms with van der Waals surface area (Å²) in [7, 11) is 0. The molecule has 0 aliphatic rings. The molecular formula is C17H17N3O. The van der Waals surface area contributed by atoms with Crippen LogP contribution < -0.4 is 11.1 Å². The van der Waals surface area contributed by atoms with Gasteiger partial charge in [-0.15, -0.1) is 0 Å². The highest BCUT2D eigenvalue weighted by atomic mass is 16.1. The Morgan fingerprint density at radius 2 is 1.81 bits per heavy atom. The van der Waals surface area contributed by atoms with Gasteiger partial charge in [-0.25, -0.2) is 0 Å². The Labute approximate surface area is 123 Å². The summed E-state index contributed by atoms with van der Waals surface area (Å²) < 4.78 is 0. The molecule has 0 radical (unpaired) electrons. The van der Waals surface area contributed by atoms with Crippen LogP contribution in [0.4, 0.5) is 0 Å². The second-order valence-corrected chi connectivity index (χ2v) is 4.94. The lowest BCUT2D eigenvalue weighted by Crippen LogP contribution is -2.33. The van der Waals surface area contributed by atoms with Crippen molar-refractivity contribution in [3.63, 3.8) is 0 Å². The van der Waals surface area contributed by atoms with Crippen LogP contribution in [-0.2, 0) is 0 Å². The van der Waals surface area contributed by atoms with E-state index in [0.717, 1.165) is 16.5 Å². The second kappa shape index (κ2) is 5.81. The van der Waals surface area contributed by atoms with Crippen LogP contribution in [0.15, 0.2) is 60.7 Å². The molecule has 1 heterocycles. The fourth-order valence-electron chi connectivity index (χ4n) is 2.40. The van der Waals surface area contributed by atoms with Crippen LogP contribution in [0.5, 0.6) is 0 Å².